The summed E-state index contributed by atoms with van der Waals surface area (Å²) in [7, 11) is 0. The molecular weight excluding hydrogens is 144 g/mol. The molecule has 0 aromatic heterocycles. The molecule has 3 heteroatoms. The molecule has 0 aromatic rings. The summed E-state index contributed by atoms with van der Waals surface area (Å²) < 4.78 is 0. The van der Waals surface area contributed by atoms with Crippen LogP contribution < -0.4 is 0 Å². The SMILES string of the molecule is O=C(O)C(O)C1C=CCC=C1. The zero-order valence-corrected chi connectivity index (χ0v) is 5.97. The smallest absolute Gasteiger partial charge is 0.333 e. The number of carboxylic acids is 1. The zero-order valence-electron chi connectivity index (χ0n) is 5.97. The molecule has 3 nitrogen and oxygen atoms in total. The highest BCUT2D eigenvalue weighted by atomic mass is 16.4. The zero-order chi connectivity index (χ0) is 8.27. The lowest BCUT2D eigenvalue weighted by molar-refractivity contribution is -0.147. The normalized spacial score (nSPS) is 20.1. The standard InChI is InChI=1S/C8H10O3/c9-7(8(10)11)6-4-2-1-3-5-6/h2-7,9H,1H2,(H,10,11). The van der Waals surface area contributed by atoms with Gasteiger partial charge in [0.05, 0.1) is 0 Å². The number of carbonyl (C=O) groups is 1. The van der Waals surface area contributed by atoms with Crippen molar-refractivity contribution < 1.29 is 15.0 Å². The molecule has 0 aliphatic heterocycles. The first kappa shape index (κ1) is 8.01. The Labute approximate surface area is 64.7 Å². The van der Waals surface area contributed by atoms with E-state index in [2.05, 4.69) is 0 Å². The summed E-state index contributed by atoms with van der Waals surface area (Å²) in [5.41, 5.74) is 0. The average Bonchev–Trinajstić information content (AvgIpc) is 2.05. The number of rotatable bonds is 2. The van der Waals surface area contributed by atoms with Gasteiger partial charge in [-0.05, 0) is 6.42 Å². The van der Waals surface area contributed by atoms with Crippen molar-refractivity contribution >= 4 is 5.97 Å². The molecule has 0 fully saturated rings. The highest BCUT2D eigenvalue weighted by molar-refractivity contribution is 5.73. The van der Waals surface area contributed by atoms with Gasteiger partial charge in [-0.25, -0.2) is 4.79 Å². The van der Waals surface area contributed by atoms with Crippen molar-refractivity contribution in [2.45, 2.75) is 12.5 Å². The number of hydrogen-bond acceptors (Lipinski definition) is 2. The van der Waals surface area contributed by atoms with Crippen LogP contribution >= 0.6 is 0 Å². The van der Waals surface area contributed by atoms with Crippen molar-refractivity contribution in [2.24, 2.45) is 5.92 Å². The van der Waals surface area contributed by atoms with Gasteiger partial charge in [0, 0.05) is 5.92 Å². The molecule has 60 valence electrons. The van der Waals surface area contributed by atoms with Gasteiger partial charge in [0.15, 0.2) is 6.10 Å². The second-order valence-corrected chi connectivity index (χ2v) is 2.45. The van der Waals surface area contributed by atoms with Crippen LogP contribution in [0.4, 0.5) is 0 Å². The van der Waals surface area contributed by atoms with Crippen molar-refractivity contribution in [1.82, 2.24) is 0 Å². The second kappa shape index (κ2) is 3.34. The van der Waals surface area contributed by atoms with Crippen molar-refractivity contribution in [3.63, 3.8) is 0 Å². The minimum absolute atomic E-state index is 0.360. The molecule has 0 aromatic carbocycles. The minimum atomic E-state index is -1.30. The molecule has 1 unspecified atom stereocenters. The van der Waals surface area contributed by atoms with Crippen molar-refractivity contribution in [1.29, 1.82) is 0 Å². The Hall–Kier alpha value is -1.09. The van der Waals surface area contributed by atoms with Gasteiger partial charge >= 0.3 is 5.97 Å². The second-order valence-electron chi connectivity index (χ2n) is 2.45. The number of aliphatic hydroxyl groups is 1. The molecule has 2 N–H and O–H groups in total. The van der Waals surface area contributed by atoms with Crippen LogP contribution in [-0.4, -0.2) is 22.3 Å². The maximum atomic E-state index is 10.3. The molecule has 0 saturated carbocycles. The van der Waals surface area contributed by atoms with Gasteiger partial charge in [-0.2, -0.15) is 0 Å². The fraction of sp³-hybridized carbons (Fsp3) is 0.375. The lowest BCUT2D eigenvalue weighted by Gasteiger charge is -2.13. The summed E-state index contributed by atoms with van der Waals surface area (Å²) in [5.74, 6) is -1.53. The van der Waals surface area contributed by atoms with Gasteiger partial charge in [-0.15, -0.1) is 0 Å². The first-order valence-corrected chi connectivity index (χ1v) is 3.46. The Morgan fingerprint density at radius 3 is 2.45 bits per heavy atom. The quantitative estimate of drug-likeness (QED) is 0.571. The molecule has 0 saturated heterocycles. The molecule has 1 aliphatic carbocycles. The van der Waals surface area contributed by atoms with E-state index in [1.54, 1.807) is 12.2 Å². The largest absolute Gasteiger partial charge is 0.479 e. The van der Waals surface area contributed by atoms with Crippen LogP contribution in [0.1, 0.15) is 6.42 Å². The van der Waals surface area contributed by atoms with E-state index < -0.39 is 12.1 Å². The van der Waals surface area contributed by atoms with Crippen LogP contribution in [0, 0.1) is 5.92 Å². The van der Waals surface area contributed by atoms with Crippen LogP contribution in [-0.2, 0) is 4.79 Å². The van der Waals surface area contributed by atoms with E-state index in [4.69, 9.17) is 10.2 Å². The Bertz CT molecular complexity index is 193. The van der Waals surface area contributed by atoms with E-state index in [1.165, 1.54) is 0 Å². The van der Waals surface area contributed by atoms with Crippen molar-refractivity contribution in [3.05, 3.63) is 24.3 Å². The summed E-state index contributed by atoms with van der Waals surface area (Å²) >= 11 is 0. The summed E-state index contributed by atoms with van der Waals surface area (Å²) in [4.78, 5) is 10.3. The molecule has 0 spiro atoms. The third-order valence-corrected chi connectivity index (χ3v) is 1.61. The molecule has 1 aliphatic rings. The van der Waals surface area contributed by atoms with E-state index >= 15 is 0 Å². The number of carboxylic acid groups (broad SMARTS) is 1. The Morgan fingerprint density at radius 2 is 2.00 bits per heavy atom. The van der Waals surface area contributed by atoms with Gasteiger partial charge in [0.25, 0.3) is 0 Å². The van der Waals surface area contributed by atoms with Crippen LogP contribution in [0.2, 0.25) is 0 Å². The molecule has 11 heavy (non-hydrogen) atoms. The highest BCUT2D eigenvalue weighted by Crippen LogP contribution is 2.13. The van der Waals surface area contributed by atoms with Gasteiger partial charge in [-0.3, -0.25) is 0 Å². The highest BCUT2D eigenvalue weighted by Gasteiger charge is 2.21. The predicted octanol–water partition coefficient (Wildman–Crippen LogP) is 0.564. The van der Waals surface area contributed by atoms with Crippen molar-refractivity contribution in [3.8, 4) is 0 Å². The lowest BCUT2D eigenvalue weighted by atomic mass is 9.97. The number of aliphatic hydroxyl groups excluding tert-OH is 1. The monoisotopic (exact) mass is 154 g/mol. The summed E-state index contributed by atoms with van der Waals surface area (Å²) in [6.07, 6.45) is 6.62. The third kappa shape index (κ3) is 1.91. The molecule has 1 rings (SSSR count). The average molecular weight is 154 g/mol. The van der Waals surface area contributed by atoms with E-state index in [0.29, 0.717) is 0 Å². The number of hydrogen-bond donors (Lipinski definition) is 2. The van der Waals surface area contributed by atoms with E-state index in [0.717, 1.165) is 6.42 Å². The lowest BCUT2D eigenvalue weighted by Crippen LogP contribution is -2.27. The van der Waals surface area contributed by atoms with Crippen LogP contribution in [0.5, 0.6) is 0 Å². The molecule has 0 amide bonds. The van der Waals surface area contributed by atoms with Crippen LogP contribution in [0.3, 0.4) is 0 Å². The van der Waals surface area contributed by atoms with Crippen LogP contribution in [0.15, 0.2) is 24.3 Å². The fourth-order valence-corrected chi connectivity index (χ4v) is 0.989. The van der Waals surface area contributed by atoms with E-state index in [1.807, 2.05) is 12.2 Å². The Kier molecular flexibility index (Phi) is 2.44. The third-order valence-electron chi connectivity index (χ3n) is 1.61. The summed E-state index contributed by atoms with van der Waals surface area (Å²) in [6.45, 7) is 0. The van der Waals surface area contributed by atoms with Gasteiger partial charge in [0.1, 0.15) is 0 Å². The maximum absolute atomic E-state index is 10.3. The van der Waals surface area contributed by atoms with E-state index in [9.17, 15) is 4.79 Å². The first-order valence-electron chi connectivity index (χ1n) is 3.46. The summed E-state index contributed by atoms with van der Waals surface area (Å²) in [6, 6.07) is 0. The topological polar surface area (TPSA) is 57.5 Å². The van der Waals surface area contributed by atoms with Crippen molar-refractivity contribution in [2.75, 3.05) is 0 Å². The molecule has 0 bridgehead atoms. The fourth-order valence-electron chi connectivity index (χ4n) is 0.989. The molecule has 0 heterocycles. The number of aliphatic carboxylic acids is 1. The Balaban J connectivity index is 2.59. The van der Waals surface area contributed by atoms with Gasteiger partial charge < -0.3 is 10.2 Å². The predicted molar refractivity (Wildman–Crippen MR) is 40.0 cm³/mol. The van der Waals surface area contributed by atoms with Gasteiger partial charge in [0.2, 0.25) is 0 Å². The molecule has 1 atom stereocenters. The van der Waals surface area contributed by atoms with Gasteiger partial charge in [-0.1, -0.05) is 24.3 Å². The maximum Gasteiger partial charge on any atom is 0.333 e. The minimum Gasteiger partial charge on any atom is -0.479 e. The first-order chi connectivity index (χ1) is 5.22. The van der Waals surface area contributed by atoms with Crippen LogP contribution in [0.25, 0.3) is 0 Å². The molecular formula is C8H10O3. The Morgan fingerprint density at radius 1 is 1.45 bits per heavy atom. The molecule has 0 radical (unpaired) electrons. The van der Waals surface area contributed by atoms with E-state index in [-0.39, 0.29) is 5.92 Å². The number of allylic oxidation sites excluding steroid dienone is 2. The summed E-state index contributed by atoms with van der Waals surface area (Å²) in [5, 5.41) is 17.5.